The Morgan fingerprint density at radius 3 is 2.61 bits per heavy atom. The molecule has 1 fully saturated rings. The number of nitrogens with zero attached hydrogens (tertiary/aromatic N) is 1. The lowest BCUT2D eigenvalue weighted by atomic mass is 10.00. The largest absolute Gasteiger partial charge is 0.378 e. The molecule has 1 aromatic rings. The van der Waals surface area contributed by atoms with Crippen LogP contribution in [0.2, 0.25) is 0 Å². The van der Waals surface area contributed by atoms with Crippen molar-refractivity contribution in [2.24, 2.45) is 5.92 Å². The number of sulfonamides is 1. The summed E-state index contributed by atoms with van der Waals surface area (Å²) in [7, 11) is -3.66. The number of ether oxygens (including phenoxy) is 1. The number of thioether (sulfide) groups is 1. The summed E-state index contributed by atoms with van der Waals surface area (Å²) in [5.74, 6) is 0.189. The number of hydrogen-bond acceptors (Lipinski definition) is 5. The Morgan fingerprint density at radius 2 is 2.00 bits per heavy atom. The molecule has 2 rings (SSSR count). The van der Waals surface area contributed by atoms with Crippen LogP contribution in [0.5, 0.6) is 0 Å². The van der Waals surface area contributed by atoms with Gasteiger partial charge < -0.3 is 9.64 Å². The van der Waals surface area contributed by atoms with Crippen LogP contribution in [0.25, 0.3) is 0 Å². The first-order valence-electron chi connectivity index (χ1n) is 9.97. The Morgan fingerprint density at radius 1 is 1.29 bits per heavy atom. The van der Waals surface area contributed by atoms with E-state index in [2.05, 4.69) is 18.6 Å². The van der Waals surface area contributed by atoms with E-state index in [1.54, 1.807) is 17.0 Å². The first-order chi connectivity index (χ1) is 13.4. The van der Waals surface area contributed by atoms with Crippen LogP contribution < -0.4 is 4.72 Å². The van der Waals surface area contributed by atoms with Crippen LogP contribution in [0, 0.1) is 5.92 Å². The van der Waals surface area contributed by atoms with Gasteiger partial charge in [0.25, 0.3) is 5.91 Å². The summed E-state index contributed by atoms with van der Waals surface area (Å²) in [5.41, 5.74) is 0.440. The molecule has 0 bridgehead atoms. The fraction of sp³-hybridized carbons (Fsp3) is 0.650. The number of rotatable bonds is 10. The van der Waals surface area contributed by atoms with E-state index in [1.807, 2.05) is 6.26 Å². The molecule has 28 heavy (non-hydrogen) atoms. The van der Waals surface area contributed by atoms with Crippen LogP contribution in [-0.4, -0.2) is 58.3 Å². The highest BCUT2D eigenvalue weighted by Crippen LogP contribution is 2.25. The number of benzene rings is 1. The number of nitrogens with one attached hydrogen (secondary N) is 1. The first-order valence-corrected chi connectivity index (χ1v) is 12.7. The van der Waals surface area contributed by atoms with E-state index in [1.165, 1.54) is 17.8 Å². The molecule has 0 spiro atoms. The fourth-order valence-corrected chi connectivity index (χ4v) is 4.92. The highest BCUT2D eigenvalue weighted by Gasteiger charge is 2.24. The highest BCUT2D eigenvalue weighted by atomic mass is 32.2. The summed E-state index contributed by atoms with van der Waals surface area (Å²) in [6.07, 6.45) is 6.04. The molecule has 6 nitrogen and oxygen atoms in total. The van der Waals surface area contributed by atoms with Crippen LogP contribution in [-0.2, 0) is 14.8 Å². The molecular weight excluding hydrogens is 396 g/mol. The molecule has 158 valence electrons. The standard InChI is InChI=1S/C20H32N2O4S2/c1-4-6-7-16(5-2)15-21-28(24,25)17-8-9-19(27-3)18(14-17)20(23)22-10-12-26-13-11-22/h8-9,14,16,21H,4-7,10-13,15H2,1-3H3/t16-/m1/s1. The van der Waals surface area contributed by atoms with Crippen molar-refractivity contribution in [3.8, 4) is 0 Å². The van der Waals surface area contributed by atoms with Gasteiger partial charge in [-0.15, -0.1) is 11.8 Å². The quantitative estimate of drug-likeness (QED) is 0.578. The minimum Gasteiger partial charge on any atom is -0.378 e. The molecule has 1 aliphatic rings. The Labute approximate surface area is 173 Å². The van der Waals surface area contributed by atoms with Crippen LogP contribution in [0.3, 0.4) is 0 Å². The smallest absolute Gasteiger partial charge is 0.255 e. The van der Waals surface area contributed by atoms with Crippen LogP contribution in [0.15, 0.2) is 28.0 Å². The summed E-state index contributed by atoms with van der Waals surface area (Å²) >= 11 is 1.44. The third-order valence-corrected chi connectivity index (χ3v) is 7.33. The monoisotopic (exact) mass is 428 g/mol. The van der Waals surface area contributed by atoms with Gasteiger partial charge in [-0.05, 0) is 36.8 Å². The molecule has 1 aliphatic heterocycles. The molecule has 0 radical (unpaired) electrons. The predicted octanol–water partition coefficient (Wildman–Crippen LogP) is 3.38. The van der Waals surface area contributed by atoms with Crippen molar-refractivity contribution in [1.29, 1.82) is 0 Å². The summed E-state index contributed by atoms with van der Waals surface area (Å²) in [4.78, 5) is 15.6. The van der Waals surface area contributed by atoms with E-state index in [-0.39, 0.29) is 10.8 Å². The highest BCUT2D eigenvalue weighted by molar-refractivity contribution is 7.98. The zero-order chi connectivity index (χ0) is 20.6. The van der Waals surface area contributed by atoms with Gasteiger partial charge in [0, 0.05) is 24.5 Å². The van der Waals surface area contributed by atoms with Gasteiger partial charge in [0.2, 0.25) is 10.0 Å². The summed E-state index contributed by atoms with van der Waals surface area (Å²) in [6.45, 7) is 6.72. The second-order valence-electron chi connectivity index (χ2n) is 7.04. The molecule has 1 heterocycles. The van der Waals surface area contributed by atoms with Crippen molar-refractivity contribution in [1.82, 2.24) is 9.62 Å². The predicted molar refractivity (Wildman–Crippen MR) is 113 cm³/mol. The van der Waals surface area contributed by atoms with Gasteiger partial charge in [-0.3, -0.25) is 4.79 Å². The molecule has 0 saturated carbocycles. The van der Waals surface area contributed by atoms with Gasteiger partial charge in [0.15, 0.2) is 0 Å². The van der Waals surface area contributed by atoms with Crippen LogP contribution >= 0.6 is 11.8 Å². The molecule has 1 amide bonds. The summed E-state index contributed by atoms with van der Waals surface area (Å²) in [5, 5.41) is 0. The van der Waals surface area contributed by atoms with Gasteiger partial charge in [-0.1, -0.05) is 33.1 Å². The maximum Gasteiger partial charge on any atom is 0.255 e. The molecule has 0 aliphatic carbocycles. The molecule has 1 aromatic carbocycles. The average Bonchev–Trinajstić information content (AvgIpc) is 2.73. The first kappa shape index (κ1) is 23.2. The molecular formula is C20H32N2O4S2. The topological polar surface area (TPSA) is 75.7 Å². The Bertz CT molecular complexity index is 747. The van der Waals surface area contributed by atoms with Gasteiger partial charge in [-0.25, -0.2) is 13.1 Å². The SMILES string of the molecule is CCCC[C@@H](CC)CNS(=O)(=O)c1ccc(SC)c(C(=O)N2CCOCC2)c1. The van der Waals surface area contributed by atoms with Crippen LogP contribution in [0.1, 0.15) is 49.9 Å². The van der Waals surface area contributed by atoms with Crippen LogP contribution in [0.4, 0.5) is 0 Å². The Hall–Kier alpha value is -1.09. The van der Waals surface area contributed by atoms with Gasteiger partial charge in [0.05, 0.1) is 23.7 Å². The Kier molecular flexibility index (Phi) is 9.27. The number of carbonyl (C=O) groups excluding carboxylic acids is 1. The molecule has 8 heteroatoms. The minimum absolute atomic E-state index is 0.140. The number of carbonyl (C=O) groups is 1. The second kappa shape index (κ2) is 11.2. The van der Waals surface area contributed by atoms with Crippen molar-refractivity contribution in [2.45, 2.75) is 49.3 Å². The maximum absolute atomic E-state index is 12.9. The number of morpholine rings is 1. The maximum atomic E-state index is 12.9. The van der Waals surface area contributed by atoms with Crippen molar-refractivity contribution in [3.05, 3.63) is 23.8 Å². The number of amides is 1. The third-order valence-electron chi connectivity index (χ3n) is 5.12. The molecule has 1 saturated heterocycles. The van der Waals surface area contributed by atoms with Crippen molar-refractivity contribution in [2.75, 3.05) is 39.1 Å². The van der Waals surface area contributed by atoms with E-state index >= 15 is 0 Å². The molecule has 0 unspecified atom stereocenters. The number of unbranched alkanes of at least 4 members (excludes halogenated alkanes) is 1. The van der Waals surface area contributed by atoms with Crippen molar-refractivity contribution >= 4 is 27.7 Å². The van der Waals surface area contributed by atoms with Gasteiger partial charge in [-0.2, -0.15) is 0 Å². The zero-order valence-electron chi connectivity index (χ0n) is 17.1. The zero-order valence-corrected chi connectivity index (χ0v) is 18.7. The molecule has 1 atom stereocenters. The third kappa shape index (κ3) is 6.20. The van der Waals surface area contributed by atoms with E-state index < -0.39 is 10.0 Å². The summed E-state index contributed by atoms with van der Waals surface area (Å²) < 4.78 is 33.7. The second-order valence-corrected chi connectivity index (χ2v) is 9.65. The van der Waals surface area contributed by atoms with E-state index in [0.717, 1.165) is 30.6 Å². The van der Waals surface area contributed by atoms with Gasteiger partial charge >= 0.3 is 0 Å². The van der Waals surface area contributed by atoms with Crippen molar-refractivity contribution in [3.63, 3.8) is 0 Å². The fourth-order valence-electron chi connectivity index (χ4n) is 3.21. The minimum atomic E-state index is -3.66. The number of hydrogen-bond donors (Lipinski definition) is 1. The lowest BCUT2D eigenvalue weighted by molar-refractivity contribution is 0.0300. The molecule has 1 N–H and O–H groups in total. The molecule has 0 aromatic heterocycles. The van der Waals surface area contributed by atoms with E-state index in [4.69, 9.17) is 4.74 Å². The lowest BCUT2D eigenvalue weighted by Gasteiger charge is -2.27. The normalized spacial score (nSPS) is 16.2. The van der Waals surface area contributed by atoms with Gasteiger partial charge in [0.1, 0.15) is 0 Å². The van der Waals surface area contributed by atoms with E-state index in [9.17, 15) is 13.2 Å². The lowest BCUT2D eigenvalue weighted by Crippen LogP contribution is -2.41. The Balaban J connectivity index is 2.19. The van der Waals surface area contributed by atoms with E-state index in [0.29, 0.717) is 44.3 Å². The summed E-state index contributed by atoms with van der Waals surface area (Å²) in [6, 6.07) is 4.82. The van der Waals surface area contributed by atoms with Crippen molar-refractivity contribution < 1.29 is 17.9 Å². The average molecular weight is 429 g/mol.